The number of carbonyl (C=O) groups is 1. The summed E-state index contributed by atoms with van der Waals surface area (Å²) >= 11 is 4.08. The van der Waals surface area contributed by atoms with Gasteiger partial charge in [0, 0.05) is 24.0 Å². The molecule has 3 aliphatic rings. The zero-order valence-corrected chi connectivity index (χ0v) is 22.1. The Labute approximate surface area is 220 Å². The second kappa shape index (κ2) is 12.7. The first-order valence-corrected chi connectivity index (χ1v) is 13.5. The molecule has 0 radical (unpaired) electrons. The maximum atomic E-state index is 12.0. The van der Waals surface area contributed by atoms with Gasteiger partial charge in [0.25, 0.3) is 0 Å². The maximum Gasteiger partial charge on any atom is 0.338 e. The number of methoxy groups -OCH3 is 1. The predicted molar refractivity (Wildman–Crippen MR) is 145 cm³/mol. The summed E-state index contributed by atoms with van der Waals surface area (Å²) in [5, 5.41) is 10.9. The van der Waals surface area contributed by atoms with Crippen LogP contribution >= 0.6 is 12.6 Å². The van der Waals surface area contributed by atoms with Gasteiger partial charge in [-0.05, 0) is 55.9 Å². The van der Waals surface area contributed by atoms with Gasteiger partial charge in [0.05, 0.1) is 24.3 Å². The van der Waals surface area contributed by atoms with Crippen LogP contribution in [0.25, 0.3) is 0 Å². The third-order valence-electron chi connectivity index (χ3n) is 7.66. The average molecular weight is 511 g/mol. The molecule has 2 aromatic rings. The Bertz CT molecular complexity index is 1030. The molecule has 0 spiro atoms. The lowest BCUT2D eigenvalue weighted by Crippen LogP contribution is -2.51. The molecular formula is C29H38N2O4S. The highest BCUT2D eigenvalue weighted by molar-refractivity contribution is 7.80. The Morgan fingerprint density at radius 3 is 2.53 bits per heavy atom. The van der Waals surface area contributed by atoms with Gasteiger partial charge >= 0.3 is 5.97 Å². The van der Waals surface area contributed by atoms with Crippen LogP contribution in [-0.2, 0) is 9.47 Å². The third kappa shape index (κ3) is 6.69. The molecule has 2 fully saturated rings. The van der Waals surface area contributed by atoms with E-state index in [0.717, 1.165) is 23.3 Å². The van der Waals surface area contributed by atoms with E-state index >= 15 is 0 Å². The number of rotatable bonds is 5. The Kier molecular flexibility index (Phi) is 9.46. The summed E-state index contributed by atoms with van der Waals surface area (Å²) in [5.74, 6) is 1.63. The molecule has 5 rings (SSSR count). The fraction of sp³-hybridized carbons (Fsp3) is 0.517. The number of nitrogens with zero attached hydrogens (tertiary/aromatic N) is 2. The smallest absolute Gasteiger partial charge is 0.338 e. The highest BCUT2D eigenvalue weighted by atomic mass is 32.1. The fourth-order valence-electron chi connectivity index (χ4n) is 5.64. The summed E-state index contributed by atoms with van der Waals surface area (Å²) in [6, 6.07) is 17.1. The zero-order chi connectivity index (χ0) is 25.5. The number of aliphatic hydroxyl groups is 1. The first-order valence-electron chi connectivity index (χ1n) is 13.0. The van der Waals surface area contributed by atoms with E-state index in [1.165, 1.54) is 39.2 Å². The molecular weight excluding hydrogens is 472 g/mol. The number of aliphatic imine (C=N–C) groups is 1. The van der Waals surface area contributed by atoms with Crippen molar-refractivity contribution in [1.29, 1.82) is 0 Å². The number of hydrogen-bond donors (Lipinski definition) is 2. The lowest BCUT2D eigenvalue weighted by atomic mass is 9.73. The van der Waals surface area contributed by atoms with E-state index in [9.17, 15) is 9.90 Å². The molecule has 1 aliphatic carbocycles. The molecule has 1 saturated heterocycles. The van der Waals surface area contributed by atoms with E-state index in [4.69, 9.17) is 9.47 Å². The van der Waals surface area contributed by atoms with Gasteiger partial charge in [-0.3, -0.25) is 4.90 Å². The van der Waals surface area contributed by atoms with E-state index in [1.54, 1.807) is 18.2 Å². The van der Waals surface area contributed by atoms with Crippen LogP contribution in [0.3, 0.4) is 0 Å². The standard InChI is InChI=1S/C23H32N2O4.C6H6S/c1-15-11-16-7-3-4-8-17(16)12-25(15)13-21(26)20-14-29-22(24-20)18-9-5-6-10-19(18)23(27)28-2;7-6-4-2-1-3-5-6/h5-6,9-10,15-17,20-21,26H,3-4,7-8,11-14H2,1-2H3;1-5,7H/t15-,16?,17?,20?,21?;/m1./s1. The van der Waals surface area contributed by atoms with Crippen LogP contribution in [0.4, 0.5) is 0 Å². The van der Waals surface area contributed by atoms with Crippen molar-refractivity contribution in [3.05, 3.63) is 65.7 Å². The number of fused-ring (bicyclic) bond motifs is 1. The summed E-state index contributed by atoms with van der Waals surface area (Å²) in [6.45, 7) is 4.32. The fourth-order valence-corrected chi connectivity index (χ4v) is 5.81. The monoisotopic (exact) mass is 510 g/mol. The van der Waals surface area contributed by atoms with Crippen molar-refractivity contribution >= 4 is 24.5 Å². The zero-order valence-electron chi connectivity index (χ0n) is 21.3. The highest BCUT2D eigenvalue weighted by Crippen LogP contribution is 2.38. The molecule has 5 atom stereocenters. The number of benzene rings is 2. The molecule has 1 N–H and O–H groups in total. The van der Waals surface area contributed by atoms with Crippen molar-refractivity contribution in [2.45, 2.75) is 62.1 Å². The molecule has 0 amide bonds. The number of piperidine rings is 1. The summed E-state index contributed by atoms with van der Waals surface area (Å²) < 4.78 is 10.6. The minimum atomic E-state index is -0.583. The van der Waals surface area contributed by atoms with Crippen molar-refractivity contribution in [1.82, 2.24) is 4.90 Å². The molecule has 6 nitrogen and oxygen atoms in total. The van der Waals surface area contributed by atoms with Crippen molar-refractivity contribution in [3.63, 3.8) is 0 Å². The van der Waals surface area contributed by atoms with Crippen molar-refractivity contribution in [3.8, 4) is 0 Å². The van der Waals surface area contributed by atoms with Crippen LogP contribution in [0, 0.1) is 11.8 Å². The van der Waals surface area contributed by atoms with Crippen molar-refractivity contribution < 1.29 is 19.4 Å². The van der Waals surface area contributed by atoms with E-state index in [0.29, 0.717) is 36.2 Å². The number of hydrogen-bond acceptors (Lipinski definition) is 7. The molecule has 0 bridgehead atoms. The Balaban J connectivity index is 0.000000375. The Morgan fingerprint density at radius 2 is 1.83 bits per heavy atom. The molecule has 194 valence electrons. The first-order chi connectivity index (χ1) is 17.5. The maximum absolute atomic E-state index is 12.0. The van der Waals surface area contributed by atoms with Crippen molar-refractivity contribution in [2.24, 2.45) is 16.8 Å². The van der Waals surface area contributed by atoms with Crippen LogP contribution in [0.15, 0.2) is 64.5 Å². The normalized spacial score (nSPS) is 26.5. The topological polar surface area (TPSA) is 71.4 Å². The molecule has 2 heterocycles. The second-order valence-corrected chi connectivity index (χ2v) is 10.6. The lowest BCUT2D eigenvalue weighted by Gasteiger charge is -2.45. The molecule has 2 aromatic carbocycles. The van der Waals surface area contributed by atoms with Gasteiger partial charge in [-0.1, -0.05) is 49.6 Å². The largest absolute Gasteiger partial charge is 0.475 e. The molecule has 36 heavy (non-hydrogen) atoms. The van der Waals surface area contributed by atoms with Gasteiger partial charge in [-0.2, -0.15) is 0 Å². The van der Waals surface area contributed by atoms with E-state index in [2.05, 4.69) is 29.4 Å². The van der Waals surface area contributed by atoms with Gasteiger partial charge in [-0.15, -0.1) is 12.6 Å². The van der Waals surface area contributed by atoms with Crippen LogP contribution < -0.4 is 0 Å². The molecule has 2 aliphatic heterocycles. The number of esters is 1. The van der Waals surface area contributed by atoms with Crippen LogP contribution in [0.1, 0.15) is 54.9 Å². The van der Waals surface area contributed by atoms with Gasteiger partial charge in [0.2, 0.25) is 5.90 Å². The summed E-state index contributed by atoms with van der Waals surface area (Å²) in [6.07, 6.45) is 6.06. The summed E-state index contributed by atoms with van der Waals surface area (Å²) in [7, 11) is 1.36. The first kappa shape index (κ1) is 26.7. The Morgan fingerprint density at radius 1 is 1.14 bits per heavy atom. The third-order valence-corrected chi connectivity index (χ3v) is 7.96. The molecule has 0 aromatic heterocycles. The second-order valence-electron chi connectivity index (χ2n) is 10.1. The van der Waals surface area contributed by atoms with Crippen molar-refractivity contribution in [2.75, 3.05) is 26.8 Å². The molecule has 7 heteroatoms. The Hall–Kier alpha value is -2.35. The van der Waals surface area contributed by atoms with Gasteiger partial charge in [-0.25, -0.2) is 9.79 Å². The predicted octanol–water partition coefficient (Wildman–Crippen LogP) is 4.86. The quantitative estimate of drug-likeness (QED) is 0.444. The van der Waals surface area contributed by atoms with Crippen LogP contribution in [-0.4, -0.2) is 66.9 Å². The summed E-state index contributed by atoms with van der Waals surface area (Å²) in [4.78, 5) is 20.1. The highest BCUT2D eigenvalue weighted by Gasteiger charge is 2.37. The summed E-state index contributed by atoms with van der Waals surface area (Å²) in [5.41, 5.74) is 1.04. The minimum Gasteiger partial charge on any atom is -0.475 e. The van der Waals surface area contributed by atoms with Crippen LogP contribution in [0.5, 0.6) is 0 Å². The number of β-amino-alcohol motifs (C(OH)–C–C–N with tert-alkyl or cyclic N) is 1. The average Bonchev–Trinajstić information content (AvgIpc) is 3.40. The van der Waals surface area contributed by atoms with Gasteiger partial charge in [0.15, 0.2) is 0 Å². The van der Waals surface area contributed by atoms with Crippen LogP contribution in [0.2, 0.25) is 0 Å². The number of carbonyl (C=O) groups excluding carboxylic acids is 1. The lowest BCUT2D eigenvalue weighted by molar-refractivity contribution is 0.00537. The number of thiol groups is 1. The SMILES string of the molecule is COC(=O)c1ccccc1C1=NC(C(O)CN2CC3CCCCC3C[C@H]2C)CO1.Sc1ccccc1. The van der Waals surface area contributed by atoms with Gasteiger partial charge < -0.3 is 14.6 Å². The number of ether oxygens (including phenoxy) is 2. The van der Waals surface area contributed by atoms with E-state index < -0.39 is 12.1 Å². The molecule has 1 saturated carbocycles. The van der Waals surface area contributed by atoms with E-state index in [-0.39, 0.29) is 6.04 Å². The molecule has 4 unspecified atom stereocenters. The number of likely N-dealkylation sites (tertiary alicyclic amines) is 1. The number of aliphatic hydroxyl groups excluding tert-OH is 1. The van der Waals surface area contributed by atoms with Gasteiger partial charge in [0.1, 0.15) is 12.6 Å². The van der Waals surface area contributed by atoms with E-state index in [1.807, 2.05) is 36.4 Å². The minimum absolute atomic E-state index is 0.313.